The summed E-state index contributed by atoms with van der Waals surface area (Å²) in [6.45, 7) is 5.51. The standard InChI is InChI=1S/C25H23N3O5/c1-25(2,3)21-14-22(28(27-21)16-9-5-4-6-10-16)26-23(30)15-32-24(31)20-13-18(29)17-11-7-8-12-19(17)33-20/h4-14H,15H2,1-3H3,(H,26,30). The number of benzene rings is 2. The van der Waals surface area contributed by atoms with Crippen molar-refractivity contribution in [2.75, 3.05) is 11.9 Å². The fraction of sp³-hybridized carbons (Fsp3) is 0.200. The molecule has 0 unspecified atom stereocenters. The second-order valence-electron chi connectivity index (χ2n) is 8.51. The molecule has 8 nitrogen and oxygen atoms in total. The third-order valence-corrected chi connectivity index (χ3v) is 4.92. The van der Waals surface area contributed by atoms with E-state index in [9.17, 15) is 14.4 Å². The molecule has 4 aromatic rings. The van der Waals surface area contributed by atoms with Gasteiger partial charge in [0.25, 0.3) is 5.91 Å². The molecule has 0 aliphatic heterocycles. The van der Waals surface area contributed by atoms with E-state index < -0.39 is 18.5 Å². The third-order valence-electron chi connectivity index (χ3n) is 4.92. The Balaban J connectivity index is 1.50. The molecular weight excluding hydrogens is 422 g/mol. The number of aromatic nitrogens is 2. The molecule has 2 aromatic heterocycles. The minimum atomic E-state index is -0.903. The van der Waals surface area contributed by atoms with E-state index in [0.29, 0.717) is 11.2 Å². The van der Waals surface area contributed by atoms with E-state index in [0.717, 1.165) is 17.4 Å². The van der Waals surface area contributed by atoms with Crippen LogP contribution in [0.3, 0.4) is 0 Å². The van der Waals surface area contributed by atoms with Gasteiger partial charge in [0.15, 0.2) is 12.0 Å². The van der Waals surface area contributed by atoms with E-state index in [1.165, 1.54) is 0 Å². The Morgan fingerprint density at radius 1 is 1.03 bits per heavy atom. The van der Waals surface area contributed by atoms with Crippen LogP contribution in [0, 0.1) is 0 Å². The number of amides is 1. The molecule has 0 saturated carbocycles. The molecule has 0 aliphatic rings. The van der Waals surface area contributed by atoms with Gasteiger partial charge in [0, 0.05) is 17.5 Å². The molecule has 4 rings (SSSR count). The van der Waals surface area contributed by atoms with E-state index in [-0.39, 0.29) is 22.2 Å². The Morgan fingerprint density at radius 2 is 1.73 bits per heavy atom. The van der Waals surface area contributed by atoms with Gasteiger partial charge in [-0.2, -0.15) is 5.10 Å². The first-order valence-electron chi connectivity index (χ1n) is 10.4. The van der Waals surface area contributed by atoms with E-state index in [1.54, 1.807) is 35.0 Å². The van der Waals surface area contributed by atoms with Gasteiger partial charge in [-0.05, 0) is 24.3 Å². The van der Waals surface area contributed by atoms with Crippen LogP contribution in [-0.2, 0) is 14.9 Å². The number of ether oxygens (including phenoxy) is 1. The Bertz CT molecular complexity index is 1380. The highest BCUT2D eigenvalue weighted by Crippen LogP contribution is 2.26. The SMILES string of the molecule is CC(C)(C)c1cc(NC(=O)COC(=O)c2cc(=O)c3ccccc3o2)n(-c2ccccc2)n1. The molecule has 8 heteroatoms. The zero-order valence-corrected chi connectivity index (χ0v) is 18.5. The van der Waals surface area contributed by atoms with Crippen molar-refractivity contribution in [3.63, 3.8) is 0 Å². The molecule has 0 spiro atoms. The topological polar surface area (TPSA) is 103 Å². The van der Waals surface area contributed by atoms with E-state index >= 15 is 0 Å². The molecule has 2 aromatic carbocycles. The zero-order chi connectivity index (χ0) is 23.6. The monoisotopic (exact) mass is 445 g/mol. The molecule has 0 fully saturated rings. The van der Waals surface area contributed by atoms with Crippen molar-refractivity contribution in [3.8, 4) is 5.69 Å². The van der Waals surface area contributed by atoms with Gasteiger partial charge < -0.3 is 14.5 Å². The van der Waals surface area contributed by atoms with Crippen molar-refractivity contribution in [2.24, 2.45) is 0 Å². The van der Waals surface area contributed by atoms with E-state index in [4.69, 9.17) is 9.15 Å². The van der Waals surface area contributed by atoms with Crippen molar-refractivity contribution >= 4 is 28.7 Å². The Morgan fingerprint density at radius 3 is 2.45 bits per heavy atom. The fourth-order valence-electron chi connectivity index (χ4n) is 3.19. The number of anilines is 1. The second-order valence-corrected chi connectivity index (χ2v) is 8.51. The number of fused-ring (bicyclic) bond motifs is 1. The summed E-state index contributed by atoms with van der Waals surface area (Å²) in [7, 11) is 0. The quantitative estimate of drug-likeness (QED) is 0.465. The van der Waals surface area contributed by atoms with Crippen LogP contribution in [0.1, 0.15) is 37.0 Å². The number of carbonyl (C=O) groups excluding carboxylic acids is 2. The van der Waals surface area contributed by atoms with Gasteiger partial charge in [-0.15, -0.1) is 0 Å². The van der Waals surface area contributed by atoms with E-state index in [2.05, 4.69) is 10.4 Å². The maximum atomic E-state index is 12.5. The van der Waals surface area contributed by atoms with Crippen LogP contribution in [0.15, 0.2) is 75.9 Å². The van der Waals surface area contributed by atoms with Crippen molar-refractivity contribution in [1.29, 1.82) is 0 Å². The summed E-state index contributed by atoms with van der Waals surface area (Å²) < 4.78 is 12.2. The van der Waals surface area contributed by atoms with Gasteiger partial charge in [0.05, 0.1) is 16.8 Å². The van der Waals surface area contributed by atoms with Crippen molar-refractivity contribution in [2.45, 2.75) is 26.2 Å². The average molecular weight is 445 g/mol. The minimum absolute atomic E-state index is 0.237. The molecule has 1 amide bonds. The van der Waals surface area contributed by atoms with Gasteiger partial charge in [-0.3, -0.25) is 9.59 Å². The molecule has 2 heterocycles. The van der Waals surface area contributed by atoms with E-state index in [1.807, 2.05) is 51.1 Å². The lowest BCUT2D eigenvalue weighted by atomic mass is 9.92. The molecule has 168 valence electrons. The first-order valence-corrected chi connectivity index (χ1v) is 10.4. The summed E-state index contributed by atoms with van der Waals surface area (Å²) in [5.74, 6) is -1.27. The highest BCUT2D eigenvalue weighted by atomic mass is 16.5. The Kier molecular flexibility index (Phi) is 5.83. The summed E-state index contributed by atoms with van der Waals surface area (Å²) in [5.41, 5.74) is 1.23. The number of hydrogen-bond acceptors (Lipinski definition) is 6. The number of rotatable bonds is 5. The fourth-order valence-corrected chi connectivity index (χ4v) is 3.19. The molecule has 0 atom stereocenters. The predicted molar refractivity (Wildman–Crippen MR) is 124 cm³/mol. The van der Waals surface area contributed by atoms with Crippen molar-refractivity contribution in [1.82, 2.24) is 9.78 Å². The Labute approximate surface area is 189 Å². The highest BCUT2D eigenvalue weighted by Gasteiger charge is 2.22. The third kappa shape index (κ3) is 4.85. The summed E-state index contributed by atoms with van der Waals surface area (Å²) in [4.78, 5) is 37.1. The number of nitrogens with zero attached hydrogens (tertiary/aromatic N) is 2. The minimum Gasteiger partial charge on any atom is -0.450 e. The van der Waals surface area contributed by atoms with Crippen LogP contribution >= 0.6 is 0 Å². The molecule has 0 radical (unpaired) electrons. The molecule has 0 bridgehead atoms. The second kappa shape index (κ2) is 8.74. The summed E-state index contributed by atoms with van der Waals surface area (Å²) >= 11 is 0. The van der Waals surface area contributed by atoms with Gasteiger partial charge in [-0.1, -0.05) is 51.1 Å². The molecule has 0 saturated heterocycles. The summed E-state index contributed by atoms with van der Waals surface area (Å²) in [6, 6.07) is 18.8. The maximum absolute atomic E-state index is 12.5. The Hall–Kier alpha value is -4.20. The predicted octanol–water partition coefficient (Wildman–Crippen LogP) is 4.07. The zero-order valence-electron chi connectivity index (χ0n) is 18.5. The number of hydrogen-bond donors (Lipinski definition) is 1. The smallest absolute Gasteiger partial charge is 0.374 e. The lowest BCUT2D eigenvalue weighted by Crippen LogP contribution is -2.22. The maximum Gasteiger partial charge on any atom is 0.374 e. The van der Waals surface area contributed by atoms with Crippen molar-refractivity contribution in [3.05, 3.63) is 88.4 Å². The van der Waals surface area contributed by atoms with Gasteiger partial charge in [-0.25, -0.2) is 9.48 Å². The van der Waals surface area contributed by atoms with Crippen LogP contribution in [0.25, 0.3) is 16.7 Å². The first-order chi connectivity index (χ1) is 15.7. The highest BCUT2D eigenvalue weighted by molar-refractivity contribution is 5.94. The molecule has 0 aliphatic carbocycles. The normalized spacial score (nSPS) is 11.4. The van der Waals surface area contributed by atoms with Gasteiger partial charge >= 0.3 is 5.97 Å². The average Bonchev–Trinajstić information content (AvgIpc) is 3.22. The lowest BCUT2D eigenvalue weighted by Gasteiger charge is -2.14. The van der Waals surface area contributed by atoms with Gasteiger partial charge in [0.2, 0.25) is 5.76 Å². The lowest BCUT2D eigenvalue weighted by molar-refractivity contribution is -0.119. The number of nitrogens with one attached hydrogen (secondary N) is 1. The number of para-hydroxylation sites is 2. The molecule has 1 N–H and O–H groups in total. The van der Waals surface area contributed by atoms with Crippen LogP contribution in [-0.4, -0.2) is 28.3 Å². The molecule has 33 heavy (non-hydrogen) atoms. The first kappa shape index (κ1) is 22.0. The van der Waals surface area contributed by atoms with Crippen LogP contribution in [0.2, 0.25) is 0 Å². The number of esters is 1. The van der Waals surface area contributed by atoms with Crippen LogP contribution < -0.4 is 10.7 Å². The van der Waals surface area contributed by atoms with Crippen LogP contribution in [0.4, 0.5) is 5.82 Å². The van der Waals surface area contributed by atoms with Crippen molar-refractivity contribution < 1.29 is 18.7 Å². The van der Waals surface area contributed by atoms with Gasteiger partial charge in [0.1, 0.15) is 11.4 Å². The summed E-state index contributed by atoms with van der Waals surface area (Å²) in [5, 5.41) is 7.73. The molecular formula is C25H23N3O5. The summed E-state index contributed by atoms with van der Waals surface area (Å²) in [6.07, 6.45) is 0. The largest absolute Gasteiger partial charge is 0.450 e. The van der Waals surface area contributed by atoms with Crippen LogP contribution in [0.5, 0.6) is 0 Å². The number of carbonyl (C=O) groups is 2.